The topological polar surface area (TPSA) is 74.3 Å². The third-order valence-corrected chi connectivity index (χ3v) is 5.82. The van der Waals surface area contributed by atoms with Gasteiger partial charge in [-0.25, -0.2) is 9.59 Å². The molecular weight excluding hydrogens is 434 g/mol. The molecule has 0 radical (unpaired) electrons. The van der Waals surface area contributed by atoms with Crippen molar-refractivity contribution in [3.05, 3.63) is 88.5 Å². The van der Waals surface area contributed by atoms with Gasteiger partial charge < -0.3 is 14.4 Å². The minimum absolute atomic E-state index is 0.253. The van der Waals surface area contributed by atoms with Gasteiger partial charge in [-0.15, -0.1) is 0 Å². The molecule has 3 aromatic rings. The maximum atomic E-state index is 12.9. The maximum Gasteiger partial charge on any atom is 0.373 e. The van der Waals surface area contributed by atoms with E-state index in [2.05, 4.69) is 0 Å². The van der Waals surface area contributed by atoms with Crippen LogP contribution in [-0.2, 0) is 20.1 Å². The van der Waals surface area contributed by atoms with Crippen molar-refractivity contribution >= 4 is 17.6 Å². The number of fused-ring (bicyclic) bond motifs is 6. The molecule has 0 aliphatic carbocycles. The number of carbonyl (C=O) groups excluding carboxylic acids is 2. The molecule has 7 heteroatoms. The summed E-state index contributed by atoms with van der Waals surface area (Å²) < 4.78 is 12.4. The van der Waals surface area contributed by atoms with Crippen molar-refractivity contribution in [2.45, 2.75) is 32.0 Å². The van der Waals surface area contributed by atoms with E-state index in [0.29, 0.717) is 22.6 Å². The lowest BCUT2D eigenvalue weighted by molar-refractivity contribution is -0.301. The zero-order valence-electron chi connectivity index (χ0n) is 19.7. The van der Waals surface area contributed by atoms with Gasteiger partial charge in [0.05, 0.1) is 11.1 Å². The molecule has 0 aromatic heterocycles. The fraction of sp³-hybridized carbons (Fsp3) is 0.259. The predicted molar refractivity (Wildman–Crippen MR) is 125 cm³/mol. The van der Waals surface area contributed by atoms with Crippen LogP contribution in [-0.4, -0.2) is 31.6 Å². The van der Waals surface area contributed by atoms with Crippen molar-refractivity contribution in [2.75, 3.05) is 19.0 Å². The van der Waals surface area contributed by atoms with Crippen LogP contribution < -0.4 is 9.64 Å². The van der Waals surface area contributed by atoms with E-state index >= 15 is 0 Å². The van der Waals surface area contributed by atoms with E-state index in [4.69, 9.17) is 19.2 Å². The number of ether oxygens (including phenoxy) is 2. The Kier molecular flexibility index (Phi) is 4.91. The van der Waals surface area contributed by atoms with E-state index in [1.54, 1.807) is 45.0 Å². The number of hydrogen-bond donors (Lipinski definition) is 0. The molecule has 0 saturated heterocycles. The van der Waals surface area contributed by atoms with Gasteiger partial charge in [0.1, 0.15) is 17.1 Å². The van der Waals surface area contributed by atoms with E-state index in [1.807, 2.05) is 55.4 Å². The standard InChI is InChI=1S/C27H25NO6/c1-26(2,3)34-33-24(29)16-10-12-20-22(14-16)31-23-15-17(28(4)5)11-13-21(23)27(20)19-9-7-6-8-18(19)25(30)32-27/h6-15H,1-5H3. The van der Waals surface area contributed by atoms with E-state index in [9.17, 15) is 9.59 Å². The number of anilines is 1. The quantitative estimate of drug-likeness (QED) is 0.302. The Bertz CT molecular complexity index is 1320. The molecule has 2 aliphatic rings. The largest absolute Gasteiger partial charge is 0.456 e. The van der Waals surface area contributed by atoms with Crippen molar-refractivity contribution in [3.8, 4) is 11.5 Å². The van der Waals surface area contributed by atoms with Gasteiger partial charge in [0.15, 0.2) is 5.60 Å². The van der Waals surface area contributed by atoms with Crippen LogP contribution >= 0.6 is 0 Å². The van der Waals surface area contributed by atoms with E-state index in [0.717, 1.165) is 16.8 Å². The Labute approximate surface area is 197 Å². The van der Waals surface area contributed by atoms with Gasteiger partial charge in [0, 0.05) is 42.5 Å². The summed E-state index contributed by atoms with van der Waals surface area (Å²) in [6, 6.07) is 18.0. The molecule has 0 N–H and O–H groups in total. The molecule has 2 heterocycles. The van der Waals surface area contributed by atoms with Crippen LogP contribution in [0.15, 0.2) is 60.7 Å². The average molecular weight is 459 g/mol. The fourth-order valence-corrected chi connectivity index (χ4v) is 4.28. The van der Waals surface area contributed by atoms with Gasteiger partial charge in [-0.05, 0) is 57.2 Å². The third-order valence-electron chi connectivity index (χ3n) is 5.82. The summed E-state index contributed by atoms with van der Waals surface area (Å²) in [6.07, 6.45) is 0. The smallest absolute Gasteiger partial charge is 0.373 e. The van der Waals surface area contributed by atoms with Crippen molar-refractivity contribution in [1.29, 1.82) is 0 Å². The first-order valence-corrected chi connectivity index (χ1v) is 11.0. The highest BCUT2D eigenvalue weighted by molar-refractivity contribution is 5.97. The second-order valence-corrected chi connectivity index (χ2v) is 9.57. The Morgan fingerprint density at radius 2 is 1.59 bits per heavy atom. The molecule has 0 saturated carbocycles. The van der Waals surface area contributed by atoms with Crippen molar-refractivity contribution in [3.63, 3.8) is 0 Å². The SMILES string of the molecule is CN(C)c1ccc2c(c1)Oc1cc(C(=O)OOC(C)(C)C)ccc1C21OC(=O)c2ccccc21. The molecule has 0 fully saturated rings. The van der Waals surface area contributed by atoms with Crippen LogP contribution in [0.3, 0.4) is 0 Å². The van der Waals surface area contributed by atoms with Crippen LogP contribution in [0.4, 0.5) is 5.69 Å². The third kappa shape index (κ3) is 3.40. The maximum absolute atomic E-state index is 12.9. The summed E-state index contributed by atoms with van der Waals surface area (Å²) in [5.41, 5.74) is 1.92. The second kappa shape index (κ2) is 7.60. The Morgan fingerprint density at radius 3 is 2.29 bits per heavy atom. The van der Waals surface area contributed by atoms with Gasteiger partial charge >= 0.3 is 11.9 Å². The normalized spacial score (nSPS) is 17.9. The molecule has 174 valence electrons. The first kappa shape index (κ1) is 22.0. The summed E-state index contributed by atoms with van der Waals surface area (Å²) in [7, 11) is 3.87. The Hall–Kier alpha value is -3.84. The van der Waals surface area contributed by atoms with Crippen LogP contribution in [0.2, 0.25) is 0 Å². The van der Waals surface area contributed by atoms with Crippen LogP contribution in [0.5, 0.6) is 11.5 Å². The fourth-order valence-electron chi connectivity index (χ4n) is 4.28. The van der Waals surface area contributed by atoms with Crippen molar-refractivity contribution in [1.82, 2.24) is 0 Å². The zero-order chi connectivity index (χ0) is 24.3. The zero-order valence-corrected chi connectivity index (χ0v) is 19.7. The van der Waals surface area contributed by atoms with Crippen molar-refractivity contribution in [2.24, 2.45) is 0 Å². The lowest BCUT2D eigenvalue weighted by atomic mass is 9.77. The van der Waals surface area contributed by atoms with E-state index in [1.165, 1.54) is 0 Å². The summed E-state index contributed by atoms with van der Waals surface area (Å²) >= 11 is 0. The molecule has 1 spiro atoms. The molecule has 5 rings (SSSR count). The summed E-state index contributed by atoms with van der Waals surface area (Å²) in [5.74, 6) is -0.113. The lowest BCUT2D eigenvalue weighted by Gasteiger charge is -2.37. The highest BCUT2D eigenvalue weighted by Gasteiger charge is 2.53. The number of carbonyl (C=O) groups is 2. The minimum Gasteiger partial charge on any atom is -0.456 e. The molecule has 7 nitrogen and oxygen atoms in total. The summed E-state index contributed by atoms with van der Waals surface area (Å²) in [6.45, 7) is 5.35. The molecule has 0 bridgehead atoms. The van der Waals surface area contributed by atoms with Crippen molar-refractivity contribution < 1.29 is 28.8 Å². The number of benzene rings is 3. The minimum atomic E-state index is -1.19. The summed E-state index contributed by atoms with van der Waals surface area (Å²) in [4.78, 5) is 37.7. The molecule has 3 aromatic carbocycles. The van der Waals surface area contributed by atoms with Crippen LogP contribution in [0, 0.1) is 0 Å². The molecule has 0 amide bonds. The highest BCUT2D eigenvalue weighted by atomic mass is 17.2. The van der Waals surface area contributed by atoms with Gasteiger partial charge in [0.2, 0.25) is 0 Å². The summed E-state index contributed by atoms with van der Waals surface area (Å²) in [5, 5.41) is 0. The van der Waals surface area contributed by atoms with Gasteiger partial charge in [-0.1, -0.05) is 18.2 Å². The lowest BCUT2D eigenvalue weighted by Crippen LogP contribution is -2.33. The molecule has 1 unspecified atom stereocenters. The van der Waals surface area contributed by atoms with Gasteiger partial charge in [-0.2, -0.15) is 4.89 Å². The highest BCUT2D eigenvalue weighted by Crippen LogP contribution is 2.56. The van der Waals surface area contributed by atoms with Gasteiger partial charge in [-0.3, -0.25) is 4.89 Å². The second-order valence-electron chi connectivity index (χ2n) is 9.57. The van der Waals surface area contributed by atoms with E-state index in [-0.39, 0.29) is 5.56 Å². The average Bonchev–Trinajstić information content (AvgIpc) is 3.09. The Morgan fingerprint density at radius 1 is 0.912 bits per heavy atom. The molecular formula is C27H25NO6. The number of nitrogens with zero attached hydrogens (tertiary/aromatic N) is 1. The van der Waals surface area contributed by atoms with Crippen LogP contribution in [0.1, 0.15) is 58.2 Å². The predicted octanol–water partition coefficient (Wildman–Crippen LogP) is 5.21. The monoisotopic (exact) mass is 459 g/mol. The Balaban J connectivity index is 1.68. The number of hydrogen-bond acceptors (Lipinski definition) is 7. The molecule has 34 heavy (non-hydrogen) atoms. The molecule has 2 aliphatic heterocycles. The van der Waals surface area contributed by atoms with Crippen LogP contribution in [0.25, 0.3) is 0 Å². The number of rotatable bonds is 3. The van der Waals surface area contributed by atoms with Gasteiger partial charge in [0.25, 0.3) is 0 Å². The van der Waals surface area contributed by atoms with E-state index < -0.39 is 23.1 Å². The number of esters is 1. The first-order valence-electron chi connectivity index (χ1n) is 11.0. The first-order chi connectivity index (χ1) is 16.1. The molecule has 1 atom stereocenters.